The van der Waals surface area contributed by atoms with Gasteiger partial charge < -0.3 is 10.9 Å². The first-order valence-electron chi connectivity index (χ1n) is 2.29. The molecule has 2 nitrogen and oxygen atoms in total. The maximum Gasteiger partial charge on any atom is -0.0138 e. The first-order chi connectivity index (χ1) is 3.31. The van der Waals surface area contributed by atoms with Crippen molar-refractivity contribution in [1.82, 2.24) is 5.43 Å². The Morgan fingerprint density at radius 3 is 2.43 bits per heavy atom. The van der Waals surface area contributed by atoms with Crippen molar-refractivity contribution in [3.63, 3.8) is 0 Å². The maximum atomic E-state index is 3.69. The fourth-order valence-corrected chi connectivity index (χ4v) is 0.241. The van der Waals surface area contributed by atoms with Crippen LogP contribution in [0, 0.1) is 0 Å². The molecule has 0 aliphatic carbocycles. The van der Waals surface area contributed by atoms with Crippen molar-refractivity contribution in [2.24, 2.45) is 0 Å². The summed E-state index contributed by atoms with van der Waals surface area (Å²) in [5, 5.41) is 0. The van der Waals surface area contributed by atoms with Crippen molar-refractivity contribution in [3.8, 4) is 0 Å². The molecule has 0 rings (SSSR count). The molecule has 0 heterocycles. The molecule has 0 aliphatic heterocycles. The molecule has 0 fully saturated rings. The smallest absolute Gasteiger partial charge is 0.0138 e. The quantitative estimate of drug-likeness (QED) is 0.520. The van der Waals surface area contributed by atoms with E-state index in [4.69, 9.17) is 0 Å². The van der Waals surface area contributed by atoms with Crippen LogP contribution in [0.2, 0.25) is 0 Å². The van der Waals surface area contributed by atoms with Gasteiger partial charge >= 0.3 is 0 Å². The number of rotatable bonds is 2. The van der Waals surface area contributed by atoms with E-state index in [1.54, 1.807) is 7.05 Å². The predicted octanol–water partition coefficient (Wildman–Crippen LogP) is 1.42. The Morgan fingerprint density at radius 1 is 1.71 bits per heavy atom. The Balaban J connectivity index is 3.17. The molecule has 0 unspecified atom stereocenters. The van der Waals surface area contributed by atoms with Gasteiger partial charge in [0.05, 0.1) is 0 Å². The van der Waals surface area contributed by atoms with Crippen LogP contribution in [0.25, 0.3) is 5.43 Å². The fourth-order valence-electron chi connectivity index (χ4n) is 0.241. The summed E-state index contributed by atoms with van der Waals surface area (Å²) in [6.45, 7) is 3.93. The summed E-state index contributed by atoms with van der Waals surface area (Å²) in [6, 6.07) is 0. The van der Waals surface area contributed by atoms with Crippen LogP contribution in [0.4, 0.5) is 0 Å². The van der Waals surface area contributed by atoms with Gasteiger partial charge in [-0.15, -0.1) is 7.05 Å². The normalized spacial score (nSPS) is 11.6. The highest BCUT2D eigenvalue weighted by atomic mass is 15.3. The van der Waals surface area contributed by atoms with Crippen molar-refractivity contribution < 1.29 is 0 Å². The minimum absolute atomic E-state index is 1.09. The Bertz CT molecular complexity index is 66.5. The van der Waals surface area contributed by atoms with E-state index >= 15 is 0 Å². The molecule has 0 aromatic heterocycles. The minimum atomic E-state index is 1.09. The van der Waals surface area contributed by atoms with Crippen molar-refractivity contribution in [1.29, 1.82) is 0 Å². The highest BCUT2D eigenvalue weighted by Crippen LogP contribution is 1.84. The van der Waals surface area contributed by atoms with Crippen LogP contribution in [-0.4, -0.2) is 7.05 Å². The molecule has 1 N–H and O–H groups in total. The molecule has 0 aromatic rings. The van der Waals surface area contributed by atoms with E-state index in [0.717, 1.165) is 5.70 Å². The number of nitrogens with one attached hydrogen (secondary N) is 1. The number of nitrogens with zero attached hydrogens (tertiary/aromatic N) is 1. The first kappa shape index (κ1) is 6.50. The zero-order chi connectivity index (χ0) is 5.70. The van der Waals surface area contributed by atoms with Crippen molar-refractivity contribution >= 4 is 0 Å². The molecule has 42 valence electrons. The lowest BCUT2D eigenvalue weighted by atomic mass is 10.5. The van der Waals surface area contributed by atoms with Gasteiger partial charge in [0.1, 0.15) is 0 Å². The van der Waals surface area contributed by atoms with E-state index in [1.165, 1.54) is 0 Å². The minimum Gasteiger partial charge on any atom is -0.574 e. The van der Waals surface area contributed by atoms with Crippen LogP contribution in [0.3, 0.4) is 0 Å². The fraction of sp³-hybridized carbons (Fsp3) is 0.600. The molecule has 2 heteroatoms. The summed E-state index contributed by atoms with van der Waals surface area (Å²) in [5.41, 5.74) is 7.56. The lowest BCUT2D eigenvalue weighted by molar-refractivity contribution is 0.991. The van der Waals surface area contributed by atoms with Gasteiger partial charge in [0.15, 0.2) is 0 Å². The average Bonchev–Trinajstić information content (AvgIpc) is 1.68. The molecule has 0 saturated carbocycles. The molecule has 0 atom stereocenters. The number of hydrogen-bond donors (Lipinski definition) is 1. The van der Waals surface area contributed by atoms with Crippen LogP contribution in [0.5, 0.6) is 0 Å². The SMILES string of the molecule is CC=C(C)N[N-]C. The van der Waals surface area contributed by atoms with Crippen LogP contribution >= 0.6 is 0 Å². The van der Waals surface area contributed by atoms with Gasteiger partial charge in [-0.3, -0.25) is 0 Å². The molecule has 0 saturated heterocycles. The van der Waals surface area contributed by atoms with E-state index in [2.05, 4.69) is 10.9 Å². The number of hydrogen-bond acceptors (Lipinski definition) is 1. The summed E-state index contributed by atoms with van der Waals surface area (Å²) in [4.78, 5) is 0. The topological polar surface area (TPSA) is 26.1 Å². The Hall–Kier alpha value is -0.500. The average molecular weight is 99.2 g/mol. The van der Waals surface area contributed by atoms with E-state index < -0.39 is 0 Å². The molecule has 0 radical (unpaired) electrons. The molecule has 0 aliphatic rings. The second-order valence-corrected chi connectivity index (χ2v) is 1.31. The standard InChI is InChI=1S/C5H11N2/c1-4-5(2)7-6-3/h4,7H,1-3H3/q-1. The largest absolute Gasteiger partial charge is 0.574 e. The third-order valence-corrected chi connectivity index (χ3v) is 0.721. The summed E-state index contributed by atoms with van der Waals surface area (Å²) < 4.78 is 0. The molecule has 0 amide bonds. The summed E-state index contributed by atoms with van der Waals surface area (Å²) >= 11 is 0. The predicted molar refractivity (Wildman–Crippen MR) is 31.8 cm³/mol. The molecular formula is C5H11N2-. The van der Waals surface area contributed by atoms with Gasteiger partial charge in [-0.05, 0) is 19.5 Å². The molecule has 0 aromatic carbocycles. The van der Waals surface area contributed by atoms with E-state index in [-0.39, 0.29) is 0 Å². The Kier molecular flexibility index (Phi) is 3.42. The van der Waals surface area contributed by atoms with Crippen LogP contribution < -0.4 is 5.43 Å². The van der Waals surface area contributed by atoms with E-state index in [9.17, 15) is 0 Å². The summed E-state index contributed by atoms with van der Waals surface area (Å²) in [6.07, 6.45) is 1.97. The van der Waals surface area contributed by atoms with Gasteiger partial charge in [0.2, 0.25) is 0 Å². The van der Waals surface area contributed by atoms with Gasteiger partial charge in [0.25, 0.3) is 0 Å². The van der Waals surface area contributed by atoms with Crippen molar-refractivity contribution in [2.45, 2.75) is 13.8 Å². The first-order valence-corrected chi connectivity index (χ1v) is 2.29. The highest BCUT2D eigenvalue weighted by molar-refractivity contribution is 4.95. The van der Waals surface area contributed by atoms with Gasteiger partial charge in [-0.25, -0.2) is 0 Å². The summed E-state index contributed by atoms with van der Waals surface area (Å²) in [7, 11) is 1.72. The van der Waals surface area contributed by atoms with Crippen LogP contribution in [0.15, 0.2) is 11.8 Å². The van der Waals surface area contributed by atoms with E-state index in [1.807, 2.05) is 19.9 Å². The molecular weight excluding hydrogens is 88.1 g/mol. The van der Waals surface area contributed by atoms with E-state index in [0.29, 0.717) is 0 Å². The maximum absolute atomic E-state index is 3.69. The van der Waals surface area contributed by atoms with Crippen molar-refractivity contribution in [2.75, 3.05) is 7.05 Å². The summed E-state index contributed by atoms with van der Waals surface area (Å²) in [5.74, 6) is 0. The van der Waals surface area contributed by atoms with Crippen LogP contribution in [0.1, 0.15) is 13.8 Å². The molecule has 0 bridgehead atoms. The zero-order valence-electron chi connectivity index (χ0n) is 5.02. The third kappa shape index (κ3) is 3.33. The lowest BCUT2D eigenvalue weighted by Crippen LogP contribution is -2.00. The Morgan fingerprint density at radius 2 is 2.29 bits per heavy atom. The highest BCUT2D eigenvalue weighted by Gasteiger charge is 1.66. The van der Waals surface area contributed by atoms with Crippen LogP contribution in [-0.2, 0) is 0 Å². The second-order valence-electron chi connectivity index (χ2n) is 1.31. The lowest BCUT2D eigenvalue weighted by Gasteiger charge is -2.15. The molecule has 0 spiro atoms. The third-order valence-electron chi connectivity index (χ3n) is 0.721. The second kappa shape index (κ2) is 3.68. The zero-order valence-corrected chi connectivity index (χ0v) is 5.02. The van der Waals surface area contributed by atoms with Gasteiger partial charge in [0, 0.05) is 0 Å². The van der Waals surface area contributed by atoms with Gasteiger partial charge in [-0.1, -0.05) is 6.08 Å². The van der Waals surface area contributed by atoms with Gasteiger partial charge in [-0.2, -0.15) is 0 Å². The Labute approximate surface area is 44.6 Å². The van der Waals surface area contributed by atoms with Crippen molar-refractivity contribution in [3.05, 3.63) is 17.2 Å². The molecule has 7 heavy (non-hydrogen) atoms. The number of allylic oxidation sites excluding steroid dienone is 2. The monoisotopic (exact) mass is 99.1 g/mol.